The summed E-state index contributed by atoms with van der Waals surface area (Å²) < 4.78 is 16.5. The second-order valence-electron chi connectivity index (χ2n) is 8.78. The topological polar surface area (TPSA) is 128 Å². The lowest BCUT2D eigenvalue weighted by atomic mass is 9.88. The van der Waals surface area contributed by atoms with Gasteiger partial charge in [0.2, 0.25) is 0 Å². The maximum Gasteiger partial charge on any atom is 0.262 e. The molecule has 3 aromatic heterocycles. The number of nitrogens with two attached hydrogens (primary N) is 2. The van der Waals surface area contributed by atoms with Gasteiger partial charge in [-0.25, -0.2) is 20.9 Å². The molecule has 0 aliphatic heterocycles. The summed E-state index contributed by atoms with van der Waals surface area (Å²) in [7, 11) is 0. The molecule has 1 aromatic carbocycles. The summed E-state index contributed by atoms with van der Waals surface area (Å²) >= 11 is 5.96. The summed E-state index contributed by atoms with van der Waals surface area (Å²) in [6.45, 7) is 7.86. The second kappa shape index (κ2) is 8.09. The summed E-state index contributed by atoms with van der Waals surface area (Å²) in [6, 6.07) is 7.43. The quantitative estimate of drug-likeness (QED) is 0.331. The minimum Gasteiger partial charge on any atom is -0.398 e. The summed E-state index contributed by atoms with van der Waals surface area (Å²) in [4.78, 5) is 12.3. The van der Waals surface area contributed by atoms with Crippen LogP contribution in [0.2, 0.25) is 5.02 Å². The molecule has 1 aliphatic rings. The summed E-state index contributed by atoms with van der Waals surface area (Å²) in [5.41, 5.74) is 12.6. The average Bonchev–Trinajstić information content (AvgIpc) is 3.35. The van der Waals surface area contributed by atoms with E-state index < -0.39 is 29.6 Å². The molecule has 174 valence electrons. The van der Waals surface area contributed by atoms with E-state index in [1.54, 1.807) is 35.2 Å². The van der Waals surface area contributed by atoms with Crippen LogP contribution in [0.4, 0.5) is 15.9 Å². The Bertz CT molecular complexity index is 1470. The van der Waals surface area contributed by atoms with Gasteiger partial charge in [-0.1, -0.05) is 11.6 Å². The molecule has 34 heavy (non-hydrogen) atoms. The zero-order chi connectivity index (χ0) is 24.2. The molecule has 0 amide bonds. The highest BCUT2D eigenvalue weighted by atomic mass is 35.5. The number of nitrogen functional groups attached to an aromatic ring is 2. The van der Waals surface area contributed by atoms with Crippen molar-refractivity contribution in [1.82, 2.24) is 14.5 Å². The number of nitrogens with zero attached hydrogens (tertiary/aromatic N) is 4. The highest BCUT2D eigenvalue weighted by Crippen LogP contribution is 2.45. The molecule has 0 bridgehead atoms. The van der Waals surface area contributed by atoms with Gasteiger partial charge in [-0.2, -0.15) is 0 Å². The van der Waals surface area contributed by atoms with Crippen LogP contribution < -0.4 is 11.5 Å². The van der Waals surface area contributed by atoms with Gasteiger partial charge in [-0.3, -0.25) is 0 Å². The van der Waals surface area contributed by atoms with E-state index in [1.165, 1.54) is 12.1 Å². The Balaban J connectivity index is 1.44. The third-order valence-corrected chi connectivity index (χ3v) is 7.13. The van der Waals surface area contributed by atoms with Gasteiger partial charge in [0.1, 0.15) is 23.4 Å². The molecule has 5 rings (SSSR count). The Hall–Kier alpha value is -3.45. The zero-order valence-electron chi connectivity index (χ0n) is 18.0. The van der Waals surface area contributed by atoms with E-state index in [0.29, 0.717) is 28.8 Å². The fraction of sp³-hybridized carbons (Fsp3) is 0.292. The van der Waals surface area contributed by atoms with Crippen molar-refractivity contribution in [1.29, 1.82) is 0 Å². The van der Waals surface area contributed by atoms with Gasteiger partial charge < -0.3 is 31.1 Å². The molecular formula is C24H22ClFN6O2. The first-order chi connectivity index (χ1) is 16.2. The minimum atomic E-state index is -1.29. The Kier molecular flexibility index (Phi) is 5.32. The molecule has 0 spiro atoms. The third kappa shape index (κ3) is 3.42. The Morgan fingerprint density at radius 2 is 2.03 bits per heavy atom. The number of anilines is 2. The van der Waals surface area contributed by atoms with Crippen molar-refractivity contribution in [2.45, 2.75) is 43.1 Å². The number of pyridine rings is 2. The molecule has 1 aliphatic carbocycles. The first-order valence-electron chi connectivity index (χ1n) is 10.7. The van der Waals surface area contributed by atoms with E-state index >= 15 is 0 Å². The molecule has 1 saturated carbocycles. The molecule has 8 nitrogen and oxygen atoms in total. The standard InChI is InChI=1S/C24H22ClFN6O2/c1-29-24(5-2-12-8-16(26)14-10-15(25)22(28)31-18(14)9-12)11-19(20(33)21(24)34)32-7-4-13-17(27)3-6-30-23(13)32/h3-4,6-10,19-21,33-34H,2,5,11H2,(H2,27,30)(H2,28,31)/t19-,20+,21+,24-/m1/s1. The lowest BCUT2D eigenvalue weighted by molar-refractivity contribution is 0.00499. The SMILES string of the molecule is [C-]#[N+][C@]1(CCc2cc(F)c3cc(Cl)c(N)nc3c2)C[C@@H](n2ccc3c(N)ccnc32)[C@H](O)[C@@H]1O. The predicted molar refractivity (Wildman–Crippen MR) is 129 cm³/mol. The molecule has 10 heteroatoms. The molecule has 1 fully saturated rings. The number of hydrogen-bond donors (Lipinski definition) is 4. The first kappa shape index (κ1) is 22.3. The number of hydrogen-bond acceptors (Lipinski definition) is 6. The first-order valence-corrected chi connectivity index (χ1v) is 11.1. The normalized spacial score (nSPS) is 24.6. The van der Waals surface area contributed by atoms with Gasteiger partial charge in [0.15, 0.2) is 6.10 Å². The van der Waals surface area contributed by atoms with Crippen LogP contribution in [0.25, 0.3) is 26.8 Å². The minimum absolute atomic E-state index is 0.105. The number of benzene rings is 1. The Morgan fingerprint density at radius 3 is 2.79 bits per heavy atom. The summed E-state index contributed by atoms with van der Waals surface area (Å²) in [5, 5.41) is 23.0. The number of halogens is 2. The van der Waals surface area contributed by atoms with Gasteiger partial charge in [-0.05, 0) is 42.3 Å². The van der Waals surface area contributed by atoms with Crippen LogP contribution in [0.5, 0.6) is 0 Å². The lowest BCUT2D eigenvalue weighted by Gasteiger charge is -2.21. The smallest absolute Gasteiger partial charge is 0.262 e. The predicted octanol–water partition coefficient (Wildman–Crippen LogP) is 3.50. The molecule has 4 atom stereocenters. The van der Waals surface area contributed by atoms with E-state index in [-0.39, 0.29) is 29.1 Å². The third-order valence-electron chi connectivity index (χ3n) is 6.83. The van der Waals surface area contributed by atoms with Crippen LogP contribution in [0, 0.1) is 12.4 Å². The van der Waals surface area contributed by atoms with E-state index in [4.69, 9.17) is 29.6 Å². The second-order valence-corrected chi connectivity index (χ2v) is 9.19. The van der Waals surface area contributed by atoms with E-state index in [2.05, 4.69) is 14.8 Å². The van der Waals surface area contributed by atoms with Crippen LogP contribution in [0.1, 0.15) is 24.4 Å². The van der Waals surface area contributed by atoms with Gasteiger partial charge in [0.05, 0.1) is 23.0 Å². The van der Waals surface area contributed by atoms with Crippen molar-refractivity contribution in [3.8, 4) is 0 Å². The van der Waals surface area contributed by atoms with Crippen LogP contribution in [0.15, 0.2) is 42.7 Å². The number of rotatable bonds is 4. The maximum absolute atomic E-state index is 14.7. The number of aliphatic hydroxyl groups excluding tert-OH is 2. The van der Waals surface area contributed by atoms with Gasteiger partial charge in [0.25, 0.3) is 5.54 Å². The average molecular weight is 481 g/mol. The highest BCUT2D eigenvalue weighted by molar-refractivity contribution is 6.33. The molecule has 0 unspecified atom stereocenters. The van der Waals surface area contributed by atoms with Gasteiger partial charge in [-0.15, -0.1) is 0 Å². The fourth-order valence-electron chi connectivity index (χ4n) is 4.94. The zero-order valence-corrected chi connectivity index (χ0v) is 18.7. The van der Waals surface area contributed by atoms with Crippen LogP contribution >= 0.6 is 11.6 Å². The summed E-state index contributed by atoms with van der Waals surface area (Å²) in [6.07, 6.45) is 1.60. The lowest BCUT2D eigenvalue weighted by Crippen LogP contribution is -2.40. The van der Waals surface area contributed by atoms with Crippen molar-refractivity contribution in [3.63, 3.8) is 0 Å². The van der Waals surface area contributed by atoms with Crippen molar-refractivity contribution in [3.05, 3.63) is 70.5 Å². The van der Waals surface area contributed by atoms with Crippen molar-refractivity contribution in [2.75, 3.05) is 11.5 Å². The van der Waals surface area contributed by atoms with Gasteiger partial charge >= 0.3 is 0 Å². The van der Waals surface area contributed by atoms with Crippen molar-refractivity contribution < 1.29 is 14.6 Å². The van der Waals surface area contributed by atoms with Crippen LogP contribution in [-0.2, 0) is 6.42 Å². The highest BCUT2D eigenvalue weighted by Gasteiger charge is 2.58. The van der Waals surface area contributed by atoms with E-state index in [0.717, 1.165) is 5.39 Å². The number of aromatic nitrogens is 3. The summed E-state index contributed by atoms with van der Waals surface area (Å²) in [5.74, 6) is -0.389. The molecular weight excluding hydrogens is 459 g/mol. The van der Waals surface area contributed by atoms with Crippen molar-refractivity contribution >= 4 is 45.0 Å². The largest absolute Gasteiger partial charge is 0.398 e. The fourth-order valence-corrected chi connectivity index (χ4v) is 5.09. The van der Waals surface area contributed by atoms with Gasteiger partial charge in [0, 0.05) is 35.3 Å². The monoisotopic (exact) mass is 480 g/mol. The van der Waals surface area contributed by atoms with Crippen LogP contribution in [0.3, 0.4) is 0 Å². The number of aryl methyl sites for hydroxylation is 1. The molecule has 3 heterocycles. The maximum atomic E-state index is 14.7. The Labute approximate surface area is 199 Å². The van der Waals surface area contributed by atoms with Crippen molar-refractivity contribution in [2.24, 2.45) is 0 Å². The molecule has 6 N–H and O–H groups in total. The number of fused-ring (bicyclic) bond motifs is 2. The number of aliphatic hydroxyl groups is 2. The van der Waals surface area contributed by atoms with E-state index in [9.17, 15) is 14.6 Å². The Morgan fingerprint density at radius 1 is 1.24 bits per heavy atom. The van der Waals surface area contributed by atoms with Crippen LogP contribution in [-0.4, -0.2) is 42.5 Å². The van der Waals surface area contributed by atoms with E-state index in [1.807, 2.05) is 0 Å². The molecule has 0 radical (unpaired) electrons. The molecule has 0 saturated heterocycles. The molecule has 4 aromatic rings.